The van der Waals surface area contributed by atoms with Crippen LogP contribution in [0.1, 0.15) is 43.7 Å². The zero-order valence-electron chi connectivity index (χ0n) is 15.2. The Kier molecular flexibility index (Phi) is 4.66. The van der Waals surface area contributed by atoms with Gasteiger partial charge in [0.1, 0.15) is 17.6 Å². The summed E-state index contributed by atoms with van der Waals surface area (Å²) in [4.78, 5) is 25.9. The molecule has 0 amide bonds. The molecular formula is C22H20Cl2O3. The van der Waals surface area contributed by atoms with Gasteiger partial charge in [0, 0.05) is 15.6 Å². The van der Waals surface area contributed by atoms with Gasteiger partial charge in [0.25, 0.3) is 0 Å². The number of ketones is 2. The van der Waals surface area contributed by atoms with Gasteiger partial charge in [-0.3, -0.25) is 9.59 Å². The summed E-state index contributed by atoms with van der Waals surface area (Å²) in [5, 5.41) is 1.15. The maximum Gasteiger partial charge on any atom is 0.179 e. The molecule has 2 aliphatic heterocycles. The summed E-state index contributed by atoms with van der Waals surface area (Å²) in [5.74, 6) is -0.962. The van der Waals surface area contributed by atoms with Crippen LogP contribution >= 0.6 is 23.2 Å². The van der Waals surface area contributed by atoms with Gasteiger partial charge in [0.2, 0.25) is 0 Å². The third-order valence-corrected chi connectivity index (χ3v) is 6.30. The third-order valence-electron chi connectivity index (χ3n) is 5.75. The normalized spacial score (nSPS) is 27.3. The molecule has 27 heavy (non-hydrogen) atoms. The van der Waals surface area contributed by atoms with Crippen LogP contribution in [0.25, 0.3) is 11.1 Å². The van der Waals surface area contributed by atoms with E-state index >= 15 is 0 Å². The number of hydrogen-bond donors (Lipinski definition) is 0. The van der Waals surface area contributed by atoms with Gasteiger partial charge in [-0.2, -0.15) is 0 Å². The molecule has 2 aromatic rings. The van der Waals surface area contributed by atoms with Gasteiger partial charge in [0.15, 0.2) is 11.6 Å². The van der Waals surface area contributed by atoms with Crippen molar-refractivity contribution in [1.82, 2.24) is 0 Å². The summed E-state index contributed by atoms with van der Waals surface area (Å²) in [7, 11) is 0. The van der Waals surface area contributed by atoms with Crippen molar-refractivity contribution in [2.24, 2.45) is 0 Å². The fourth-order valence-corrected chi connectivity index (χ4v) is 4.74. The van der Waals surface area contributed by atoms with E-state index in [1.165, 1.54) is 0 Å². The highest BCUT2D eigenvalue weighted by molar-refractivity contribution is 6.36. The van der Waals surface area contributed by atoms with Crippen molar-refractivity contribution < 1.29 is 14.3 Å². The van der Waals surface area contributed by atoms with Crippen LogP contribution in [0, 0.1) is 0 Å². The van der Waals surface area contributed by atoms with Crippen LogP contribution in [-0.4, -0.2) is 23.3 Å². The molecule has 0 spiro atoms. The van der Waals surface area contributed by atoms with Crippen molar-refractivity contribution in [2.45, 2.75) is 50.7 Å². The van der Waals surface area contributed by atoms with E-state index in [1.807, 2.05) is 38.1 Å². The molecule has 2 aromatic carbocycles. The molecule has 0 radical (unpaired) electrons. The van der Waals surface area contributed by atoms with Crippen LogP contribution in [-0.2, 0) is 20.7 Å². The smallest absolute Gasteiger partial charge is 0.179 e. The van der Waals surface area contributed by atoms with Crippen LogP contribution in [0.4, 0.5) is 0 Å². The molecule has 2 saturated heterocycles. The van der Waals surface area contributed by atoms with Crippen LogP contribution in [0.2, 0.25) is 10.0 Å². The van der Waals surface area contributed by atoms with E-state index in [9.17, 15) is 9.59 Å². The van der Waals surface area contributed by atoms with Crippen LogP contribution < -0.4 is 0 Å². The standard InChI is InChI=1S/C22H20Cl2O3/c1-3-12-10-13(15-7-5-14(23)11-17(15)24)4-6-16(12)19-20(25)18-8-9-22(2,27-18)21(19)26/h4-7,10-11,18-19H,3,8-9H2,1-2H3/t18-,19?,22+/m0/s1. The number of carbonyl (C=O) groups excluding carboxylic acids is 2. The third kappa shape index (κ3) is 3.02. The topological polar surface area (TPSA) is 43.4 Å². The second-order valence-electron chi connectivity index (χ2n) is 7.47. The van der Waals surface area contributed by atoms with Gasteiger partial charge in [-0.25, -0.2) is 0 Å². The molecule has 0 aromatic heterocycles. The number of hydrogen-bond acceptors (Lipinski definition) is 3. The maximum atomic E-state index is 13.0. The Morgan fingerprint density at radius 1 is 1.15 bits per heavy atom. The number of rotatable bonds is 3. The highest BCUT2D eigenvalue weighted by Gasteiger charge is 2.55. The van der Waals surface area contributed by atoms with E-state index < -0.39 is 17.6 Å². The predicted octanol–water partition coefficient (Wildman–Crippen LogP) is 5.40. The van der Waals surface area contributed by atoms with Crippen molar-refractivity contribution in [3.8, 4) is 11.1 Å². The molecule has 4 rings (SSSR count). The highest BCUT2D eigenvalue weighted by atomic mass is 35.5. The fourth-order valence-electron chi connectivity index (χ4n) is 4.22. The maximum absolute atomic E-state index is 13.0. The van der Waals surface area contributed by atoms with Gasteiger partial charge in [-0.1, -0.05) is 54.4 Å². The van der Waals surface area contributed by atoms with E-state index in [0.29, 0.717) is 29.3 Å². The molecule has 0 N–H and O–H groups in total. The molecule has 3 nitrogen and oxygen atoms in total. The molecule has 2 bridgehead atoms. The Bertz CT molecular complexity index is 953. The molecule has 2 aliphatic rings. The average Bonchev–Trinajstić information content (AvgIpc) is 3.02. The fraction of sp³-hybridized carbons (Fsp3) is 0.364. The lowest BCUT2D eigenvalue weighted by Crippen LogP contribution is -2.49. The Morgan fingerprint density at radius 2 is 1.93 bits per heavy atom. The second kappa shape index (κ2) is 6.73. The van der Waals surface area contributed by atoms with Gasteiger partial charge >= 0.3 is 0 Å². The van der Waals surface area contributed by atoms with Crippen LogP contribution in [0.5, 0.6) is 0 Å². The van der Waals surface area contributed by atoms with Crippen LogP contribution in [0.3, 0.4) is 0 Å². The lowest BCUT2D eigenvalue weighted by Gasteiger charge is -2.34. The summed E-state index contributed by atoms with van der Waals surface area (Å²) in [6.07, 6.45) is 1.48. The van der Waals surface area contributed by atoms with Crippen molar-refractivity contribution in [2.75, 3.05) is 0 Å². The van der Waals surface area contributed by atoms with E-state index in [-0.39, 0.29) is 11.6 Å². The Labute approximate surface area is 168 Å². The molecule has 2 heterocycles. The van der Waals surface area contributed by atoms with Gasteiger partial charge in [-0.15, -0.1) is 0 Å². The minimum Gasteiger partial charge on any atom is -0.356 e. The van der Waals surface area contributed by atoms with E-state index in [0.717, 1.165) is 22.3 Å². The second-order valence-corrected chi connectivity index (χ2v) is 8.31. The SMILES string of the molecule is CCc1cc(-c2ccc(Cl)cc2Cl)ccc1C1C(=O)[C@@H]2CC[C@@](C)(O2)C1=O. The van der Waals surface area contributed by atoms with Gasteiger partial charge in [-0.05, 0) is 55.0 Å². The Balaban J connectivity index is 1.78. The highest BCUT2D eigenvalue weighted by Crippen LogP contribution is 2.44. The Hall–Kier alpha value is -1.68. The largest absolute Gasteiger partial charge is 0.356 e. The molecule has 5 heteroatoms. The molecule has 2 fully saturated rings. The van der Waals surface area contributed by atoms with Gasteiger partial charge < -0.3 is 4.74 Å². The number of halogens is 2. The van der Waals surface area contributed by atoms with Crippen molar-refractivity contribution in [3.63, 3.8) is 0 Å². The number of benzene rings is 2. The van der Waals surface area contributed by atoms with Crippen molar-refractivity contribution in [3.05, 3.63) is 57.6 Å². The first-order valence-corrected chi connectivity index (χ1v) is 9.94. The number of carbonyl (C=O) groups is 2. The first-order chi connectivity index (χ1) is 12.8. The summed E-state index contributed by atoms with van der Waals surface area (Å²) in [6.45, 7) is 3.83. The zero-order chi connectivity index (χ0) is 19.3. The summed E-state index contributed by atoms with van der Waals surface area (Å²) in [5.41, 5.74) is 2.75. The first kappa shape index (κ1) is 18.7. The van der Waals surface area contributed by atoms with E-state index in [4.69, 9.17) is 27.9 Å². The van der Waals surface area contributed by atoms with Crippen molar-refractivity contribution >= 4 is 34.8 Å². The molecule has 140 valence electrons. The molecule has 3 atom stereocenters. The summed E-state index contributed by atoms with van der Waals surface area (Å²) >= 11 is 12.3. The number of aryl methyl sites for hydroxylation is 1. The van der Waals surface area contributed by atoms with E-state index in [2.05, 4.69) is 0 Å². The average molecular weight is 403 g/mol. The predicted molar refractivity (Wildman–Crippen MR) is 107 cm³/mol. The monoisotopic (exact) mass is 402 g/mol. The first-order valence-electron chi connectivity index (χ1n) is 9.18. The molecule has 0 aliphatic carbocycles. The quantitative estimate of drug-likeness (QED) is 0.645. The lowest BCUT2D eigenvalue weighted by molar-refractivity contribution is -0.160. The minimum atomic E-state index is -0.841. The van der Waals surface area contributed by atoms with Crippen molar-refractivity contribution in [1.29, 1.82) is 0 Å². The number of fused-ring (bicyclic) bond motifs is 2. The molecule has 0 saturated carbocycles. The number of ether oxygens (including phenoxy) is 1. The zero-order valence-corrected chi connectivity index (χ0v) is 16.7. The Morgan fingerprint density at radius 3 is 2.63 bits per heavy atom. The van der Waals surface area contributed by atoms with E-state index in [1.54, 1.807) is 12.1 Å². The summed E-state index contributed by atoms with van der Waals surface area (Å²) < 4.78 is 5.73. The van der Waals surface area contributed by atoms with Crippen LogP contribution in [0.15, 0.2) is 36.4 Å². The molecular weight excluding hydrogens is 383 g/mol. The number of Topliss-reactive ketones (excluding diaryl/α,β-unsaturated/α-hetero) is 2. The summed E-state index contributed by atoms with van der Waals surface area (Å²) in [6, 6.07) is 11.2. The van der Waals surface area contributed by atoms with Gasteiger partial charge in [0.05, 0.1) is 0 Å². The molecule has 1 unspecified atom stereocenters. The minimum absolute atomic E-state index is 0.109. The lowest BCUT2D eigenvalue weighted by atomic mass is 9.78.